The molecule has 0 aliphatic rings. The Morgan fingerprint density at radius 2 is 1.91 bits per heavy atom. The van der Waals surface area contributed by atoms with Gasteiger partial charge in [0.2, 0.25) is 0 Å². The highest BCUT2D eigenvalue weighted by atomic mass is 35.5. The molecule has 0 saturated carbocycles. The van der Waals surface area contributed by atoms with E-state index in [9.17, 15) is 9.90 Å². The molecule has 0 radical (unpaired) electrons. The van der Waals surface area contributed by atoms with Crippen molar-refractivity contribution in [3.8, 4) is 5.75 Å². The van der Waals surface area contributed by atoms with Gasteiger partial charge in [-0.3, -0.25) is 4.79 Å². The Morgan fingerprint density at radius 3 is 2.64 bits per heavy atom. The van der Waals surface area contributed by atoms with Gasteiger partial charge in [-0.05, 0) is 42.0 Å². The quantitative estimate of drug-likeness (QED) is 0.744. The molecule has 22 heavy (non-hydrogen) atoms. The number of H-pyrrole nitrogens is 1. The lowest BCUT2D eigenvalue weighted by molar-refractivity contribution is 0.475. The largest absolute Gasteiger partial charge is 0.508 e. The molecule has 0 unspecified atom stereocenters. The first-order valence-electron chi connectivity index (χ1n) is 6.39. The highest BCUT2D eigenvalue weighted by Gasteiger charge is 2.07. The highest BCUT2D eigenvalue weighted by molar-refractivity contribution is 6.50. The van der Waals surface area contributed by atoms with Crippen LogP contribution in [0.15, 0.2) is 47.3 Å². The topological polar surface area (TPSA) is 66.0 Å². The van der Waals surface area contributed by atoms with Crippen LogP contribution in [0.1, 0.15) is 11.4 Å². The van der Waals surface area contributed by atoms with Crippen LogP contribution in [0, 0.1) is 0 Å². The summed E-state index contributed by atoms with van der Waals surface area (Å²) in [7, 11) is 0. The Bertz CT molecular complexity index is 931. The van der Waals surface area contributed by atoms with Crippen LogP contribution in [0.5, 0.6) is 5.75 Å². The molecule has 0 spiro atoms. The van der Waals surface area contributed by atoms with Gasteiger partial charge >= 0.3 is 0 Å². The molecule has 110 valence electrons. The number of halogens is 2. The van der Waals surface area contributed by atoms with E-state index in [2.05, 4.69) is 9.97 Å². The number of aromatic amines is 1. The second-order valence-electron chi connectivity index (χ2n) is 4.66. The molecule has 3 aromatic rings. The van der Waals surface area contributed by atoms with Crippen molar-refractivity contribution in [2.45, 2.75) is 0 Å². The lowest BCUT2D eigenvalue weighted by Gasteiger charge is -2.03. The van der Waals surface area contributed by atoms with Crippen LogP contribution in [-0.2, 0) is 0 Å². The van der Waals surface area contributed by atoms with E-state index in [1.165, 1.54) is 0 Å². The fourth-order valence-corrected chi connectivity index (χ4v) is 2.39. The maximum Gasteiger partial charge on any atom is 0.259 e. The minimum absolute atomic E-state index is 0.167. The number of phenols is 1. The number of nitrogens with zero attached hydrogens (tertiary/aromatic N) is 1. The number of aromatic hydroxyl groups is 1. The van der Waals surface area contributed by atoms with Gasteiger partial charge in [0.05, 0.1) is 15.9 Å². The van der Waals surface area contributed by atoms with E-state index in [0.29, 0.717) is 15.9 Å². The van der Waals surface area contributed by atoms with Crippen molar-refractivity contribution < 1.29 is 5.11 Å². The zero-order chi connectivity index (χ0) is 15.7. The number of hydrogen-bond acceptors (Lipinski definition) is 3. The normalized spacial score (nSPS) is 11.8. The summed E-state index contributed by atoms with van der Waals surface area (Å²) < 4.78 is 0. The number of nitrogens with one attached hydrogen (secondary N) is 1. The van der Waals surface area contributed by atoms with E-state index < -0.39 is 0 Å². The molecule has 0 amide bonds. The van der Waals surface area contributed by atoms with Crippen LogP contribution in [0.25, 0.3) is 22.0 Å². The van der Waals surface area contributed by atoms with E-state index in [0.717, 1.165) is 5.56 Å². The van der Waals surface area contributed by atoms with Crippen molar-refractivity contribution in [1.29, 1.82) is 0 Å². The van der Waals surface area contributed by atoms with Crippen LogP contribution in [0.2, 0.25) is 5.02 Å². The van der Waals surface area contributed by atoms with Crippen LogP contribution >= 0.6 is 23.2 Å². The number of benzene rings is 2. The van der Waals surface area contributed by atoms with Crippen molar-refractivity contribution in [2.75, 3.05) is 0 Å². The van der Waals surface area contributed by atoms with Crippen molar-refractivity contribution in [3.63, 3.8) is 0 Å². The SMILES string of the molecule is O=c1[nH]c(/C(Cl)=C/c2ccc(O)cc2)nc2cc(Cl)ccc12. The van der Waals surface area contributed by atoms with Crippen molar-refractivity contribution >= 4 is 45.2 Å². The Balaban J connectivity index is 2.09. The van der Waals surface area contributed by atoms with Gasteiger partial charge in [0, 0.05) is 5.02 Å². The smallest absolute Gasteiger partial charge is 0.259 e. The average Bonchev–Trinajstić information content (AvgIpc) is 2.49. The summed E-state index contributed by atoms with van der Waals surface area (Å²) in [6.45, 7) is 0. The molecular weight excluding hydrogens is 323 g/mol. The molecule has 0 saturated heterocycles. The van der Waals surface area contributed by atoms with Crippen LogP contribution in [0.4, 0.5) is 0 Å². The Labute approximate surface area is 135 Å². The van der Waals surface area contributed by atoms with E-state index in [4.69, 9.17) is 23.2 Å². The van der Waals surface area contributed by atoms with Gasteiger partial charge in [0.1, 0.15) is 5.75 Å². The lowest BCUT2D eigenvalue weighted by atomic mass is 10.2. The second kappa shape index (κ2) is 5.83. The molecule has 1 heterocycles. The summed E-state index contributed by atoms with van der Waals surface area (Å²) in [6, 6.07) is 11.4. The summed E-state index contributed by atoms with van der Waals surface area (Å²) in [5, 5.41) is 10.5. The lowest BCUT2D eigenvalue weighted by Crippen LogP contribution is -2.10. The number of fused-ring (bicyclic) bond motifs is 1. The molecule has 0 fully saturated rings. The molecule has 0 aliphatic carbocycles. The molecule has 0 atom stereocenters. The van der Waals surface area contributed by atoms with Crippen LogP contribution in [0.3, 0.4) is 0 Å². The van der Waals surface area contributed by atoms with E-state index in [1.54, 1.807) is 48.5 Å². The first-order chi connectivity index (χ1) is 10.5. The average molecular weight is 333 g/mol. The number of rotatable bonds is 2. The van der Waals surface area contributed by atoms with Crippen molar-refractivity contribution in [2.24, 2.45) is 0 Å². The molecule has 0 bridgehead atoms. The van der Waals surface area contributed by atoms with E-state index >= 15 is 0 Å². The standard InChI is InChI=1S/C16H10Cl2N2O2/c17-10-3-6-12-14(8-10)19-15(20-16(12)22)13(18)7-9-1-4-11(21)5-2-9/h1-8,21H,(H,19,20,22)/b13-7-. The monoisotopic (exact) mass is 332 g/mol. The molecule has 2 aromatic carbocycles. The summed E-state index contributed by atoms with van der Waals surface area (Å²) in [4.78, 5) is 19.0. The van der Waals surface area contributed by atoms with Gasteiger partial charge in [0.15, 0.2) is 5.82 Å². The van der Waals surface area contributed by atoms with Crippen LogP contribution in [-0.4, -0.2) is 15.1 Å². The van der Waals surface area contributed by atoms with Gasteiger partial charge in [-0.1, -0.05) is 35.3 Å². The molecule has 3 rings (SSSR count). The third kappa shape index (κ3) is 2.98. The summed E-state index contributed by atoms with van der Waals surface area (Å²) in [5.41, 5.74) is 0.967. The molecule has 2 N–H and O–H groups in total. The fourth-order valence-electron chi connectivity index (χ4n) is 2.01. The minimum atomic E-state index is -0.283. The minimum Gasteiger partial charge on any atom is -0.508 e. The predicted octanol–water partition coefficient (Wildman–Crippen LogP) is 4.02. The van der Waals surface area contributed by atoms with Gasteiger partial charge in [-0.15, -0.1) is 0 Å². The van der Waals surface area contributed by atoms with Gasteiger partial charge in [-0.2, -0.15) is 0 Å². The first kappa shape index (κ1) is 14.6. The third-order valence-corrected chi connectivity index (χ3v) is 3.60. The third-order valence-electron chi connectivity index (χ3n) is 3.08. The first-order valence-corrected chi connectivity index (χ1v) is 7.15. The summed E-state index contributed by atoms with van der Waals surface area (Å²) in [6.07, 6.45) is 1.65. The highest BCUT2D eigenvalue weighted by Crippen LogP contribution is 2.22. The number of hydrogen-bond donors (Lipinski definition) is 2. The summed E-state index contributed by atoms with van der Waals surface area (Å²) >= 11 is 12.1. The molecule has 4 nitrogen and oxygen atoms in total. The Morgan fingerprint density at radius 1 is 1.18 bits per heavy atom. The summed E-state index contributed by atoms with van der Waals surface area (Å²) in [5.74, 6) is 0.426. The van der Waals surface area contributed by atoms with Crippen LogP contribution < -0.4 is 5.56 Å². The zero-order valence-corrected chi connectivity index (χ0v) is 12.7. The molecular formula is C16H10Cl2N2O2. The number of phenolic OH excluding ortho intramolecular Hbond substituents is 1. The second-order valence-corrected chi connectivity index (χ2v) is 5.50. The Hall–Kier alpha value is -2.30. The van der Waals surface area contributed by atoms with Gasteiger partial charge in [-0.25, -0.2) is 4.98 Å². The Kier molecular flexibility index (Phi) is 3.88. The van der Waals surface area contributed by atoms with Gasteiger partial charge in [0.25, 0.3) is 5.56 Å². The molecule has 0 aliphatic heterocycles. The fraction of sp³-hybridized carbons (Fsp3) is 0. The maximum atomic E-state index is 12.1. The van der Waals surface area contributed by atoms with E-state index in [-0.39, 0.29) is 22.2 Å². The van der Waals surface area contributed by atoms with Crippen molar-refractivity contribution in [1.82, 2.24) is 9.97 Å². The van der Waals surface area contributed by atoms with Gasteiger partial charge < -0.3 is 10.1 Å². The van der Waals surface area contributed by atoms with Crippen molar-refractivity contribution in [3.05, 3.63) is 69.2 Å². The number of aromatic nitrogens is 2. The molecule has 1 aromatic heterocycles. The van der Waals surface area contributed by atoms with E-state index in [1.807, 2.05) is 0 Å². The maximum absolute atomic E-state index is 12.1. The molecule has 6 heteroatoms. The zero-order valence-electron chi connectivity index (χ0n) is 11.2. The predicted molar refractivity (Wildman–Crippen MR) is 89.2 cm³/mol.